The first-order chi connectivity index (χ1) is 16.3. The minimum Gasteiger partial charge on any atom is -0.310 e. The van der Waals surface area contributed by atoms with E-state index in [4.69, 9.17) is 11.6 Å². The number of benzene rings is 2. The van der Waals surface area contributed by atoms with Crippen LogP contribution in [0.5, 0.6) is 0 Å². The minimum absolute atomic E-state index is 0.0730. The molecule has 6 nitrogen and oxygen atoms in total. The van der Waals surface area contributed by atoms with Crippen LogP contribution in [0.1, 0.15) is 31.9 Å². The number of rotatable bonds is 7. The molecule has 34 heavy (non-hydrogen) atoms. The Bertz CT molecular complexity index is 1250. The Morgan fingerprint density at radius 3 is 2.38 bits per heavy atom. The molecular formula is C26H26ClN5OS. The van der Waals surface area contributed by atoms with Crippen LogP contribution in [0, 0.1) is 0 Å². The van der Waals surface area contributed by atoms with E-state index in [0.29, 0.717) is 22.5 Å². The van der Waals surface area contributed by atoms with E-state index in [1.54, 1.807) is 12.1 Å². The van der Waals surface area contributed by atoms with E-state index in [0.717, 1.165) is 17.0 Å². The lowest BCUT2D eigenvalue weighted by Crippen LogP contribution is -2.15. The van der Waals surface area contributed by atoms with E-state index in [2.05, 4.69) is 82.2 Å². The number of pyridine rings is 1. The van der Waals surface area contributed by atoms with Gasteiger partial charge in [-0.1, -0.05) is 98.7 Å². The summed E-state index contributed by atoms with van der Waals surface area (Å²) in [7, 11) is 0. The first-order valence-corrected chi connectivity index (χ1v) is 12.3. The number of halogens is 1. The first kappa shape index (κ1) is 24.0. The number of aromatic nitrogens is 4. The normalized spacial score (nSPS) is 11.4. The smallest absolute Gasteiger partial charge is 0.236 e. The number of nitrogens with zero attached hydrogens (tertiary/aromatic N) is 4. The van der Waals surface area contributed by atoms with Crippen molar-refractivity contribution in [1.82, 2.24) is 19.7 Å². The number of amides is 1. The number of anilines is 1. The average Bonchev–Trinajstić information content (AvgIpc) is 3.22. The van der Waals surface area contributed by atoms with Crippen molar-refractivity contribution in [1.29, 1.82) is 0 Å². The van der Waals surface area contributed by atoms with Crippen LogP contribution in [0.2, 0.25) is 5.02 Å². The Kier molecular flexibility index (Phi) is 7.34. The molecule has 0 saturated heterocycles. The molecule has 0 radical (unpaired) electrons. The van der Waals surface area contributed by atoms with E-state index in [1.165, 1.54) is 23.5 Å². The molecule has 0 unspecified atom stereocenters. The van der Waals surface area contributed by atoms with Gasteiger partial charge in [-0.2, -0.15) is 0 Å². The summed E-state index contributed by atoms with van der Waals surface area (Å²) in [5.74, 6) is 1.23. The molecule has 8 heteroatoms. The number of thioether (sulfide) groups is 1. The largest absolute Gasteiger partial charge is 0.310 e. The lowest BCUT2D eigenvalue weighted by molar-refractivity contribution is -0.113. The van der Waals surface area contributed by atoms with E-state index in [-0.39, 0.29) is 17.1 Å². The zero-order valence-electron chi connectivity index (χ0n) is 19.3. The minimum atomic E-state index is -0.176. The van der Waals surface area contributed by atoms with Crippen molar-refractivity contribution in [3.8, 4) is 11.4 Å². The van der Waals surface area contributed by atoms with Gasteiger partial charge in [-0.15, -0.1) is 10.2 Å². The zero-order chi connectivity index (χ0) is 24.1. The van der Waals surface area contributed by atoms with Crippen molar-refractivity contribution >= 4 is 35.1 Å². The average molecular weight is 492 g/mol. The standard InChI is InChI=1S/C26H26ClN5OS/c1-26(2,3)20-11-9-19(10-12-20)24-30-31-25(32(24)16-18-7-5-4-6-8-18)34-17-23(33)29-22-14-13-21(27)15-28-22/h4-15H,16-17H2,1-3H3,(H,28,29,33). The predicted molar refractivity (Wildman–Crippen MR) is 138 cm³/mol. The second kappa shape index (κ2) is 10.4. The Morgan fingerprint density at radius 1 is 1.00 bits per heavy atom. The molecule has 2 aromatic carbocycles. The van der Waals surface area contributed by atoms with E-state index >= 15 is 0 Å². The molecule has 0 aliphatic heterocycles. The number of carbonyl (C=O) groups is 1. The molecule has 2 aromatic heterocycles. The van der Waals surface area contributed by atoms with Crippen molar-refractivity contribution < 1.29 is 4.79 Å². The third-order valence-corrected chi connectivity index (χ3v) is 6.43. The molecule has 4 rings (SSSR count). The number of hydrogen-bond donors (Lipinski definition) is 1. The topological polar surface area (TPSA) is 72.7 Å². The van der Waals surface area contributed by atoms with Crippen molar-refractivity contribution in [3.05, 3.63) is 89.1 Å². The number of carbonyl (C=O) groups excluding carboxylic acids is 1. The molecule has 4 aromatic rings. The van der Waals surface area contributed by atoms with Crippen LogP contribution in [0.3, 0.4) is 0 Å². The summed E-state index contributed by atoms with van der Waals surface area (Å²) >= 11 is 7.20. The summed E-state index contributed by atoms with van der Waals surface area (Å²) in [6.07, 6.45) is 1.50. The summed E-state index contributed by atoms with van der Waals surface area (Å²) in [5.41, 5.74) is 3.45. The highest BCUT2D eigenvalue weighted by molar-refractivity contribution is 7.99. The van der Waals surface area contributed by atoms with Crippen molar-refractivity contribution in [2.45, 2.75) is 37.9 Å². The maximum atomic E-state index is 12.5. The summed E-state index contributed by atoms with van der Waals surface area (Å²) in [4.78, 5) is 16.6. The van der Waals surface area contributed by atoms with Gasteiger partial charge in [-0.3, -0.25) is 9.36 Å². The first-order valence-electron chi connectivity index (χ1n) is 10.9. The fourth-order valence-corrected chi connectivity index (χ4v) is 4.25. The third-order valence-electron chi connectivity index (χ3n) is 5.24. The fraction of sp³-hybridized carbons (Fsp3) is 0.231. The highest BCUT2D eigenvalue weighted by Gasteiger charge is 2.18. The van der Waals surface area contributed by atoms with Gasteiger partial charge in [0, 0.05) is 11.8 Å². The third kappa shape index (κ3) is 6.04. The van der Waals surface area contributed by atoms with Crippen LogP contribution in [0.4, 0.5) is 5.82 Å². The monoisotopic (exact) mass is 491 g/mol. The Balaban J connectivity index is 1.56. The highest BCUT2D eigenvalue weighted by Crippen LogP contribution is 2.28. The van der Waals surface area contributed by atoms with Gasteiger partial charge in [0.25, 0.3) is 0 Å². The molecule has 0 spiro atoms. The molecule has 0 aliphatic rings. The van der Waals surface area contributed by atoms with Crippen LogP contribution in [0.15, 0.2) is 78.1 Å². The molecule has 1 N–H and O–H groups in total. The zero-order valence-corrected chi connectivity index (χ0v) is 20.9. The molecule has 0 saturated carbocycles. The van der Waals surface area contributed by atoms with Crippen LogP contribution in [0.25, 0.3) is 11.4 Å². The van der Waals surface area contributed by atoms with E-state index in [1.807, 2.05) is 18.2 Å². The number of nitrogens with one attached hydrogen (secondary N) is 1. The second-order valence-corrected chi connectivity index (χ2v) is 10.3. The Labute approximate surface area is 208 Å². The molecule has 0 bridgehead atoms. The van der Waals surface area contributed by atoms with Gasteiger partial charge in [0.15, 0.2) is 11.0 Å². The lowest BCUT2D eigenvalue weighted by atomic mass is 9.87. The maximum absolute atomic E-state index is 12.5. The summed E-state index contributed by atoms with van der Waals surface area (Å²) in [6.45, 7) is 7.19. The molecular weight excluding hydrogens is 466 g/mol. The summed E-state index contributed by atoms with van der Waals surface area (Å²) in [6, 6.07) is 21.9. The molecule has 0 atom stereocenters. The predicted octanol–water partition coefficient (Wildman–Crippen LogP) is 6.07. The van der Waals surface area contributed by atoms with E-state index in [9.17, 15) is 4.79 Å². The van der Waals surface area contributed by atoms with Crippen LogP contribution in [-0.4, -0.2) is 31.4 Å². The van der Waals surface area contributed by atoms with Crippen LogP contribution < -0.4 is 5.32 Å². The Hall–Kier alpha value is -3.16. The maximum Gasteiger partial charge on any atom is 0.236 e. The molecule has 2 heterocycles. The van der Waals surface area contributed by atoms with Gasteiger partial charge in [0.1, 0.15) is 5.82 Å². The van der Waals surface area contributed by atoms with Gasteiger partial charge in [0.2, 0.25) is 5.91 Å². The molecule has 174 valence electrons. The lowest BCUT2D eigenvalue weighted by Gasteiger charge is -2.19. The summed E-state index contributed by atoms with van der Waals surface area (Å²) in [5, 5.41) is 12.9. The highest BCUT2D eigenvalue weighted by atomic mass is 35.5. The fourth-order valence-electron chi connectivity index (χ4n) is 3.40. The van der Waals surface area contributed by atoms with Crippen molar-refractivity contribution in [2.75, 3.05) is 11.1 Å². The van der Waals surface area contributed by atoms with Crippen LogP contribution >= 0.6 is 23.4 Å². The van der Waals surface area contributed by atoms with Gasteiger partial charge >= 0.3 is 0 Å². The van der Waals surface area contributed by atoms with Crippen molar-refractivity contribution in [2.24, 2.45) is 0 Å². The molecule has 0 fully saturated rings. The number of hydrogen-bond acceptors (Lipinski definition) is 5. The van der Waals surface area contributed by atoms with Gasteiger partial charge in [-0.25, -0.2) is 4.98 Å². The molecule has 0 aliphatic carbocycles. The molecule has 1 amide bonds. The summed E-state index contributed by atoms with van der Waals surface area (Å²) < 4.78 is 2.06. The van der Waals surface area contributed by atoms with Gasteiger partial charge < -0.3 is 5.32 Å². The van der Waals surface area contributed by atoms with E-state index < -0.39 is 0 Å². The van der Waals surface area contributed by atoms with Crippen LogP contribution in [-0.2, 0) is 16.8 Å². The van der Waals surface area contributed by atoms with Crippen molar-refractivity contribution in [3.63, 3.8) is 0 Å². The van der Waals surface area contributed by atoms with Gasteiger partial charge in [0.05, 0.1) is 17.3 Å². The Morgan fingerprint density at radius 2 is 1.74 bits per heavy atom. The van der Waals surface area contributed by atoms with Gasteiger partial charge in [-0.05, 0) is 28.7 Å². The SMILES string of the molecule is CC(C)(C)c1ccc(-c2nnc(SCC(=O)Nc3ccc(Cl)cn3)n2Cc2ccccc2)cc1. The second-order valence-electron chi connectivity index (χ2n) is 8.90. The quantitative estimate of drug-likeness (QED) is 0.317.